The molecule has 26 heavy (non-hydrogen) atoms. The van der Waals surface area contributed by atoms with Crippen LogP contribution in [0, 0.1) is 5.92 Å². The Kier molecular flexibility index (Phi) is 8.10. The molecule has 1 unspecified atom stereocenters. The van der Waals surface area contributed by atoms with Crippen LogP contribution in [0.2, 0.25) is 0 Å². The lowest BCUT2D eigenvalue weighted by atomic mass is 10.0. The van der Waals surface area contributed by atoms with E-state index in [4.69, 9.17) is 0 Å². The van der Waals surface area contributed by atoms with Crippen molar-refractivity contribution in [2.24, 2.45) is 5.92 Å². The fourth-order valence-corrected chi connectivity index (χ4v) is 4.66. The first-order chi connectivity index (χ1) is 11.9. The minimum absolute atomic E-state index is 0.00551. The molecule has 0 radical (unpaired) electrons. The molecule has 1 atom stereocenters. The molecule has 0 spiro atoms. The zero-order valence-corrected chi connectivity index (χ0v) is 18.2. The first kappa shape index (κ1) is 22.9. The van der Waals surface area contributed by atoms with E-state index in [0.717, 1.165) is 32.0 Å². The molecule has 0 aromatic heterocycles. The van der Waals surface area contributed by atoms with Gasteiger partial charge in [-0.25, -0.2) is 16.8 Å². The van der Waals surface area contributed by atoms with Gasteiger partial charge in [-0.15, -0.1) is 0 Å². The summed E-state index contributed by atoms with van der Waals surface area (Å²) in [5.74, 6) is 0.518. The van der Waals surface area contributed by atoms with E-state index in [1.807, 2.05) is 0 Å². The van der Waals surface area contributed by atoms with Crippen LogP contribution in [0.1, 0.15) is 34.1 Å². The van der Waals surface area contributed by atoms with Gasteiger partial charge in [-0.3, -0.25) is 4.90 Å². The molecular weight excluding hydrogens is 372 g/mol. The fourth-order valence-electron chi connectivity index (χ4n) is 3.06. The fraction of sp³-hybridized carbons (Fsp3) is 0.667. The van der Waals surface area contributed by atoms with E-state index in [2.05, 4.69) is 37.9 Å². The lowest BCUT2D eigenvalue weighted by molar-refractivity contribution is 0.199. The van der Waals surface area contributed by atoms with E-state index in [1.165, 1.54) is 12.1 Å². The summed E-state index contributed by atoms with van der Waals surface area (Å²) in [6.07, 6.45) is 3.15. The third kappa shape index (κ3) is 6.55. The lowest BCUT2D eigenvalue weighted by Gasteiger charge is -2.31. The third-order valence-electron chi connectivity index (χ3n) is 4.38. The largest absolute Gasteiger partial charge is 0.382 e. The maximum absolute atomic E-state index is 12.2. The molecule has 0 heterocycles. The Morgan fingerprint density at radius 3 is 2.00 bits per heavy atom. The highest BCUT2D eigenvalue weighted by atomic mass is 32.2. The highest BCUT2D eigenvalue weighted by Gasteiger charge is 2.21. The molecule has 1 aromatic carbocycles. The number of hydrogen-bond donors (Lipinski definition) is 1. The minimum atomic E-state index is -3.56. The number of likely N-dealkylation sites (N-methyl/N-ethyl adjacent to an activating group) is 1. The number of rotatable bonds is 10. The molecule has 8 heteroatoms. The van der Waals surface area contributed by atoms with Crippen molar-refractivity contribution in [1.82, 2.24) is 4.90 Å². The van der Waals surface area contributed by atoms with E-state index >= 15 is 0 Å². The van der Waals surface area contributed by atoms with Gasteiger partial charge in [0.05, 0.1) is 15.5 Å². The quantitative estimate of drug-likeness (QED) is 0.645. The van der Waals surface area contributed by atoms with Crippen LogP contribution in [0.15, 0.2) is 28.0 Å². The van der Waals surface area contributed by atoms with Gasteiger partial charge < -0.3 is 5.32 Å². The van der Waals surface area contributed by atoms with E-state index < -0.39 is 19.7 Å². The van der Waals surface area contributed by atoms with Gasteiger partial charge in [-0.05, 0) is 43.6 Å². The highest BCUT2D eigenvalue weighted by Crippen LogP contribution is 2.25. The summed E-state index contributed by atoms with van der Waals surface area (Å²) in [5, 5.41) is 3.24. The maximum atomic E-state index is 12.2. The van der Waals surface area contributed by atoms with Crippen molar-refractivity contribution in [2.75, 3.05) is 37.5 Å². The van der Waals surface area contributed by atoms with Crippen molar-refractivity contribution in [3.05, 3.63) is 18.2 Å². The van der Waals surface area contributed by atoms with E-state index in [9.17, 15) is 16.8 Å². The molecule has 150 valence electrons. The summed E-state index contributed by atoms with van der Waals surface area (Å²) in [7, 11) is -7.03. The SMILES string of the molecule is CCN(CC)C(CNc1ccc(S(C)(=O)=O)cc1S(C)(=O)=O)CC(C)C. The molecule has 0 aliphatic rings. The van der Waals surface area contributed by atoms with Crippen molar-refractivity contribution >= 4 is 25.4 Å². The van der Waals surface area contributed by atoms with Crippen molar-refractivity contribution in [1.29, 1.82) is 0 Å². The average molecular weight is 405 g/mol. The summed E-state index contributed by atoms with van der Waals surface area (Å²) < 4.78 is 47.8. The Balaban J connectivity index is 3.18. The first-order valence-corrected chi connectivity index (χ1v) is 12.7. The molecule has 1 aromatic rings. The van der Waals surface area contributed by atoms with Crippen LogP contribution in [0.5, 0.6) is 0 Å². The van der Waals surface area contributed by atoms with Gasteiger partial charge in [0, 0.05) is 25.1 Å². The lowest BCUT2D eigenvalue weighted by Crippen LogP contribution is -2.41. The van der Waals surface area contributed by atoms with Crippen LogP contribution in [-0.2, 0) is 19.7 Å². The van der Waals surface area contributed by atoms with E-state index in [-0.39, 0.29) is 15.8 Å². The van der Waals surface area contributed by atoms with Gasteiger partial charge in [0.2, 0.25) is 0 Å². The van der Waals surface area contributed by atoms with Crippen LogP contribution < -0.4 is 5.32 Å². The second-order valence-electron chi connectivity index (χ2n) is 7.09. The standard InChI is InChI=1S/C18H32N2O4S2/c1-7-20(8-2)15(11-14(3)4)13-19-17-10-9-16(25(5,21)22)12-18(17)26(6,23)24/h9-10,12,14-15,19H,7-8,11,13H2,1-6H3. The number of nitrogens with one attached hydrogen (secondary N) is 1. The molecule has 1 rings (SSSR count). The van der Waals surface area contributed by atoms with Gasteiger partial charge in [0.1, 0.15) is 0 Å². The monoisotopic (exact) mass is 404 g/mol. The molecule has 6 nitrogen and oxygen atoms in total. The van der Waals surface area contributed by atoms with Crippen LogP contribution in [-0.4, -0.2) is 59.9 Å². The molecule has 0 aliphatic heterocycles. The van der Waals surface area contributed by atoms with Gasteiger partial charge >= 0.3 is 0 Å². The second-order valence-corrected chi connectivity index (χ2v) is 11.1. The second kappa shape index (κ2) is 9.19. The predicted molar refractivity (Wildman–Crippen MR) is 107 cm³/mol. The summed E-state index contributed by atoms with van der Waals surface area (Å²) in [6.45, 7) is 11.0. The summed E-state index contributed by atoms with van der Waals surface area (Å²) in [4.78, 5) is 2.37. The molecule has 0 fully saturated rings. The predicted octanol–water partition coefficient (Wildman–Crippen LogP) is 2.66. The van der Waals surface area contributed by atoms with Crippen LogP contribution >= 0.6 is 0 Å². The Hall–Kier alpha value is -1.12. The van der Waals surface area contributed by atoms with Crippen LogP contribution in [0.3, 0.4) is 0 Å². The average Bonchev–Trinajstić information content (AvgIpc) is 2.51. The Bertz CT molecular complexity index is 798. The normalized spacial score (nSPS) is 14.0. The Morgan fingerprint density at radius 2 is 1.58 bits per heavy atom. The Labute approximate surface area is 158 Å². The summed E-state index contributed by atoms with van der Waals surface area (Å²) >= 11 is 0. The molecular formula is C18H32N2O4S2. The van der Waals surface area contributed by atoms with Crippen LogP contribution in [0.4, 0.5) is 5.69 Å². The first-order valence-electron chi connectivity index (χ1n) is 8.92. The topological polar surface area (TPSA) is 83.6 Å². The van der Waals surface area contributed by atoms with Crippen molar-refractivity contribution < 1.29 is 16.8 Å². The van der Waals surface area contributed by atoms with E-state index in [0.29, 0.717) is 18.2 Å². The van der Waals surface area contributed by atoms with Crippen molar-refractivity contribution in [2.45, 2.75) is 49.9 Å². The van der Waals surface area contributed by atoms with Gasteiger partial charge in [-0.1, -0.05) is 27.7 Å². The maximum Gasteiger partial charge on any atom is 0.177 e. The zero-order valence-electron chi connectivity index (χ0n) is 16.6. The Morgan fingerprint density at radius 1 is 1.00 bits per heavy atom. The summed E-state index contributed by atoms with van der Waals surface area (Å²) in [6, 6.07) is 4.50. The molecule has 0 bridgehead atoms. The minimum Gasteiger partial charge on any atom is -0.382 e. The molecule has 0 saturated heterocycles. The van der Waals surface area contributed by atoms with E-state index in [1.54, 1.807) is 6.07 Å². The van der Waals surface area contributed by atoms with Crippen molar-refractivity contribution in [3.8, 4) is 0 Å². The number of hydrogen-bond acceptors (Lipinski definition) is 6. The van der Waals surface area contributed by atoms with Gasteiger partial charge in [-0.2, -0.15) is 0 Å². The highest BCUT2D eigenvalue weighted by molar-refractivity contribution is 7.91. The number of benzene rings is 1. The van der Waals surface area contributed by atoms with Gasteiger partial charge in [0.15, 0.2) is 19.7 Å². The number of anilines is 1. The summed E-state index contributed by atoms with van der Waals surface area (Å²) in [5.41, 5.74) is 0.445. The molecule has 0 amide bonds. The van der Waals surface area contributed by atoms with Crippen LogP contribution in [0.25, 0.3) is 0 Å². The molecule has 0 aliphatic carbocycles. The third-order valence-corrected chi connectivity index (χ3v) is 6.63. The number of nitrogens with zero attached hydrogens (tertiary/aromatic N) is 1. The van der Waals surface area contributed by atoms with Crippen molar-refractivity contribution in [3.63, 3.8) is 0 Å². The smallest absolute Gasteiger partial charge is 0.177 e. The zero-order chi connectivity index (χ0) is 20.1. The number of sulfone groups is 2. The molecule has 0 saturated carbocycles. The molecule has 1 N–H and O–H groups in total. The van der Waals surface area contributed by atoms with Gasteiger partial charge in [0.25, 0.3) is 0 Å².